The van der Waals surface area contributed by atoms with Gasteiger partial charge in [0, 0.05) is 0 Å². The van der Waals surface area contributed by atoms with Gasteiger partial charge in [-0.3, -0.25) is 4.21 Å². The molecular weight excluding hydrogens is 136 g/mol. The molecule has 0 saturated heterocycles. The molecule has 3 heteroatoms. The van der Waals surface area contributed by atoms with Crippen LogP contribution in [0.5, 0.6) is 0 Å². The molecule has 0 aromatic rings. The number of allylic oxidation sites excluding steroid dienone is 3. The third kappa shape index (κ3) is 7.59. The summed E-state index contributed by atoms with van der Waals surface area (Å²) in [6.07, 6.45) is 6.00. The minimum atomic E-state index is -2.05. The molecule has 0 spiro atoms. The van der Waals surface area contributed by atoms with Crippen molar-refractivity contribution in [3.63, 3.8) is 0 Å². The topological polar surface area (TPSA) is 40.1 Å². The van der Waals surface area contributed by atoms with Gasteiger partial charge in [0.15, 0.2) is 0 Å². The Kier molecular flexibility index (Phi) is 5.46. The number of hydrogen-bond acceptors (Lipinski definition) is 2. The first-order valence-corrected chi connectivity index (χ1v) is 3.82. The maximum absolute atomic E-state index is 9.84. The fourth-order valence-corrected chi connectivity index (χ4v) is 0.543. The van der Waals surface area contributed by atoms with Crippen LogP contribution in [0, 0.1) is 0 Å². The van der Waals surface area contributed by atoms with E-state index in [1.165, 1.54) is 6.08 Å². The first kappa shape index (κ1) is 8.59. The quantitative estimate of drug-likeness (QED) is 0.444. The van der Waals surface area contributed by atoms with Crippen molar-refractivity contribution in [1.82, 2.24) is 0 Å². The first-order chi connectivity index (χ1) is 4.27. The summed E-state index contributed by atoms with van der Waals surface area (Å²) in [4.78, 5) is 0. The molecular formula is C6H9O2S-. The molecule has 1 atom stereocenters. The molecule has 1 unspecified atom stereocenters. The second kappa shape index (κ2) is 5.72. The molecule has 0 amide bonds. The monoisotopic (exact) mass is 145 g/mol. The van der Waals surface area contributed by atoms with E-state index >= 15 is 0 Å². The summed E-state index contributed by atoms with van der Waals surface area (Å²) < 4.78 is 19.7. The van der Waals surface area contributed by atoms with Crippen LogP contribution >= 0.6 is 0 Å². The van der Waals surface area contributed by atoms with Crippen LogP contribution < -0.4 is 0 Å². The standard InChI is InChI=1S/C6H10O2S/c1-2-3-4-5-6-9(7)8/h3-6H,2H2,1H3,(H,7,8)/p-1. The van der Waals surface area contributed by atoms with Crippen molar-refractivity contribution in [3.05, 3.63) is 23.6 Å². The summed E-state index contributed by atoms with van der Waals surface area (Å²) in [6, 6.07) is 0. The minimum absolute atomic E-state index is 0.926. The fourth-order valence-electron chi connectivity index (χ4n) is 0.324. The highest BCUT2D eigenvalue weighted by atomic mass is 32.2. The van der Waals surface area contributed by atoms with Gasteiger partial charge in [-0.15, -0.1) is 0 Å². The van der Waals surface area contributed by atoms with Gasteiger partial charge < -0.3 is 4.55 Å². The zero-order valence-corrected chi connectivity index (χ0v) is 6.06. The summed E-state index contributed by atoms with van der Waals surface area (Å²) in [5.41, 5.74) is 0. The van der Waals surface area contributed by atoms with Crippen molar-refractivity contribution < 1.29 is 8.76 Å². The van der Waals surface area contributed by atoms with Crippen molar-refractivity contribution in [2.75, 3.05) is 0 Å². The lowest BCUT2D eigenvalue weighted by Gasteiger charge is -1.90. The van der Waals surface area contributed by atoms with Crippen molar-refractivity contribution in [2.24, 2.45) is 0 Å². The summed E-state index contributed by atoms with van der Waals surface area (Å²) in [5.74, 6) is 0. The minimum Gasteiger partial charge on any atom is -0.769 e. The third-order valence-corrected chi connectivity index (χ3v) is 1.05. The maximum Gasteiger partial charge on any atom is -0.0115 e. The maximum atomic E-state index is 9.84. The molecule has 0 aliphatic heterocycles. The molecule has 0 saturated carbocycles. The molecule has 52 valence electrons. The van der Waals surface area contributed by atoms with Crippen LogP contribution in [0.25, 0.3) is 0 Å². The van der Waals surface area contributed by atoms with E-state index in [0.29, 0.717) is 0 Å². The Bertz CT molecular complexity index is 138. The highest BCUT2D eigenvalue weighted by Gasteiger charge is 1.65. The summed E-state index contributed by atoms with van der Waals surface area (Å²) in [7, 11) is 0. The predicted octanol–water partition coefficient (Wildman–Crippen LogP) is 1.35. The smallest absolute Gasteiger partial charge is 0.0115 e. The van der Waals surface area contributed by atoms with Gasteiger partial charge in [-0.1, -0.05) is 25.2 Å². The van der Waals surface area contributed by atoms with E-state index in [1.807, 2.05) is 13.0 Å². The molecule has 0 fully saturated rings. The second-order valence-corrected chi connectivity index (χ2v) is 2.22. The van der Waals surface area contributed by atoms with E-state index in [4.69, 9.17) is 0 Å². The Morgan fingerprint density at radius 1 is 1.56 bits per heavy atom. The molecule has 2 nitrogen and oxygen atoms in total. The number of hydrogen-bond donors (Lipinski definition) is 0. The van der Waals surface area contributed by atoms with E-state index < -0.39 is 11.1 Å². The van der Waals surface area contributed by atoms with E-state index in [1.54, 1.807) is 6.08 Å². The zero-order chi connectivity index (χ0) is 7.11. The van der Waals surface area contributed by atoms with E-state index in [2.05, 4.69) is 0 Å². The van der Waals surface area contributed by atoms with Crippen LogP contribution in [0.1, 0.15) is 13.3 Å². The molecule has 0 aromatic carbocycles. The normalized spacial score (nSPS) is 15.3. The predicted molar refractivity (Wildman–Crippen MR) is 37.5 cm³/mol. The van der Waals surface area contributed by atoms with Gasteiger partial charge in [0.1, 0.15) is 0 Å². The average molecular weight is 145 g/mol. The molecule has 0 aliphatic rings. The van der Waals surface area contributed by atoms with Gasteiger partial charge in [-0.05, 0) is 22.9 Å². The summed E-state index contributed by atoms with van der Waals surface area (Å²) in [6.45, 7) is 1.98. The largest absolute Gasteiger partial charge is 0.769 e. The molecule has 0 radical (unpaired) electrons. The first-order valence-electron chi connectivity index (χ1n) is 2.68. The molecule has 0 aromatic heterocycles. The number of rotatable bonds is 3. The van der Waals surface area contributed by atoms with Crippen LogP contribution in [-0.2, 0) is 11.1 Å². The third-order valence-electron chi connectivity index (χ3n) is 0.673. The van der Waals surface area contributed by atoms with Crippen LogP contribution in [-0.4, -0.2) is 8.76 Å². The zero-order valence-electron chi connectivity index (χ0n) is 5.24. The van der Waals surface area contributed by atoms with Crippen molar-refractivity contribution in [3.8, 4) is 0 Å². The van der Waals surface area contributed by atoms with Gasteiger partial charge in [-0.2, -0.15) is 0 Å². The van der Waals surface area contributed by atoms with Crippen LogP contribution in [0.2, 0.25) is 0 Å². The molecule has 0 aliphatic carbocycles. The van der Waals surface area contributed by atoms with Gasteiger partial charge >= 0.3 is 0 Å². The fraction of sp³-hybridized carbons (Fsp3) is 0.333. The lowest BCUT2D eigenvalue weighted by atomic mass is 10.4. The molecule has 0 N–H and O–H groups in total. The Morgan fingerprint density at radius 2 is 2.22 bits per heavy atom. The van der Waals surface area contributed by atoms with Crippen molar-refractivity contribution in [2.45, 2.75) is 13.3 Å². The molecule has 9 heavy (non-hydrogen) atoms. The van der Waals surface area contributed by atoms with Gasteiger partial charge in [0.2, 0.25) is 0 Å². The van der Waals surface area contributed by atoms with Crippen LogP contribution in [0.4, 0.5) is 0 Å². The van der Waals surface area contributed by atoms with Crippen molar-refractivity contribution >= 4 is 11.1 Å². The lowest BCUT2D eigenvalue weighted by Crippen LogP contribution is -1.74. The van der Waals surface area contributed by atoms with Crippen LogP contribution in [0.15, 0.2) is 23.6 Å². The average Bonchev–Trinajstić information content (AvgIpc) is 1.80. The highest BCUT2D eigenvalue weighted by molar-refractivity contribution is 7.82. The molecule has 0 bridgehead atoms. The Hall–Kier alpha value is -0.410. The SMILES string of the molecule is CCC=CC=CS(=O)[O-]. The van der Waals surface area contributed by atoms with Gasteiger partial charge in [-0.25, -0.2) is 0 Å². The molecule has 0 rings (SSSR count). The summed E-state index contributed by atoms with van der Waals surface area (Å²) in [5, 5.41) is 1.10. The Balaban J connectivity index is 3.47. The van der Waals surface area contributed by atoms with E-state index in [0.717, 1.165) is 11.8 Å². The van der Waals surface area contributed by atoms with E-state index in [9.17, 15) is 8.76 Å². The lowest BCUT2D eigenvalue weighted by molar-refractivity contribution is 0.546. The van der Waals surface area contributed by atoms with Crippen LogP contribution in [0.3, 0.4) is 0 Å². The van der Waals surface area contributed by atoms with E-state index in [-0.39, 0.29) is 0 Å². The second-order valence-electron chi connectivity index (χ2n) is 1.43. The van der Waals surface area contributed by atoms with Gasteiger partial charge in [0.25, 0.3) is 0 Å². The molecule has 0 heterocycles. The Labute approximate surface area is 57.6 Å². The highest BCUT2D eigenvalue weighted by Crippen LogP contribution is 1.82. The summed E-state index contributed by atoms with van der Waals surface area (Å²) >= 11 is -2.05. The van der Waals surface area contributed by atoms with Gasteiger partial charge in [0.05, 0.1) is 0 Å². The van der Waals surface area contributed by atoms with Crippen molar-refractivity contribution in [1.29, 1.82) is 0 Å². The Morgan fingerprint density at radius 3 is 2.67 bits per heavy atom.